The van der Waals surface area contributed by atoms with E-state index >= 15 is 0 Å². The molecule has 1 aliphatic rings. The van der Waals surface area contributed by atoms with Gasteiger partial charge in [-0.25, -0.2) is 4.98 Å². The van der Waals surface area contributed by atoms with Gasteiger partial charge < -0.3 is 19.7 Å². The Balaban J connectivity index is 1.92. The zero-order valence-electron chi connectivity index (χ0n) is 12.8. The lowest BCUT2D eigenvalue weighted by Crippen LogP contribution is -2.39. The quantitative estimate of drug-likeness (QED) is 0.881. The lowest BCUT2D eigenvalue weighted by Gasteiger charge is -2.29. The molecule has 1 aliphatic carbocycles. The van der Waals surface area contributed by atoms with E-state index in [-0.39, 0.29) is 0 Å². The topological polar surface area (TPSA) is 52.8 Å². The summed E-state index contributed by atoms with van der Waals surface area (Å²) in [4.78, 5) is 6.84. The second-order valence-electron chi connectivity index (χ2n) is 6.13. The summed E-state index contributed by atoms with van der Waals surface area (Å²) in [7, 11) is 3.97. The van der Waals surface area contributed by atoms with Crippen LogP contribution < -0.4 is 10.2 Å². The molecule has 2 aromatic heterocycles. The molecule has 0 aliphatic heterocycles. The molecule has 1 saturated carbocycles. The molecule has 0 saturated heterocycles. The highest BCUT2D eigenvalue weighted by atomic mass is 16.3. The van der Waals surface area contributed by atoms with Crippen LogP contribution in [-0.4, -0.2) is 40.7 Å². The molecule has 114 valence electrons. The third kappa shape index (κ3) is 2.76. The van der Waals surface area contributed by atoms with Crippen LogP contribution in [0.1, 0.15) is 31.4 Å². The Bertz CT molecular complexity index is 616. The minimum atomic E-state index is -0.554. The van der Waals surface area contributed by atoms with Crippen LogP contribution in [0.5, 0.6) is 0 Å². The number of pyridine rings is 1. The second kappa shape index (κ2) is 5.66. The van der Waals surface area contributed by atoms with Crippen LogP contribution in [-0.2, 0) is 6.54 Å². The number of anilines is 1. The van der Waals surface area contributed by atoms with Crippen LogP contribution in [0.3, 0.4) is 0 Å². The number of nitrogens with one attached hydrogen (secondary N) is 1. The van der Waals surface area contributed by atoms with Gasteiger partial charge in [0.1, 0.15) is 5.65 Å². The van der Waals surface area contributed by atoms with E-state index in [1.807, 2.05) is 38.5 Å². The van der Waals surface area contributed by atoms with E-state index in [0.29, 0.717) is 6.54 Å². The van der Waals surface area contributed by atoms with Gasteiger partial charge in [0.25, 0.3) is 0 Å². The number of hydrogen-bond acceptors (Lipinski definition) is 4. The van der Waals surface area contributed by atoms with Crippen LogP contribution in [0.4, 0.5) is 5.82 Å². The van der Waals surface area contributed by atoms with E-state index in [0.717, 1.165) is 49.4 Å². The average molecular weight is 288 g/mol. The van der Waals surface area contributed by atoms with Crippen molar-refractivity contribution in [3.05, 3.63) is 30.1 Å². The maximum Gasteiger partial charge on any atom is 0.152 e. The molecule has 5 nitrogen and oxygen atoms in total. The van der Waals surface area contributed by atoms with Crippen molar-refractivity contribution < 1.29 is 5.11 Å². The standard InChI is InChI=1S/C16H24N4O/c1-17-11-13-15(18-14-7-3-6-10-20(13)14)19(2)12-16(21)8-4-5-9-16/h3,6-7,10,17,21H,4-5,8-9,11-12H2,1-2H3. The zero-order valence-corrected chi connectivity index (χ0v) is 12.8. The van der Waals surface area contributed by atoms with E-state index < -0.39 is 5.60 Å². The first-order valence-electron chi connectivity index (χ1n) is 7.67. The fourth-order valence-electron chi connectivity index (χ4n) is 3.38. The summed E-state index contributed by atoms with van der Waals surface area (Å²) in [5.74, 6) is 0.955. The fourth-order valence-corrected chi connectivity index (χ4v) is 3.38. The average Bonchev–Trinajstić information content (AvgIpc) is 3.04. The molecule has 2 aromatic rings. The molecule has 0 atom stereocenters. The smallest absolute Gasteiger partial charge is 0.152 e. The number of nitrogens with zero attached hydrogens (tertiary/aromatic N) is 3. The molecule has 5 heteroatoms. The first-order chi connectivity index (χ1) is 10.1. The van der Waals surface area contributed by atoms with Crippen molar-refractivity contribution in [3.63, 3.8) is 0 Å². The summed E-state index contributed by atoms with van der Waals surface area (Å²) >= 11 is 0. The molecule has 0 bridgehead atoms. The van der Waals surface area contributed by atoms with Crippen molar-refractivity contribution in [2.45, 2.75) is 37.8 Å². The molecule has 0 aromatic carbocycles. The summed E-state index contributed by atoms with van der Waals surface area (Å²) < 4.78 is 2.11. The number of aromatic nitrogens is 2. The van der Waals surface area contributed by atoms with Gasteiger partial charge in [-0.2, -0.15) is 0 Å². The number of likely N-dealkylation sites (N-methyl/N-ethyl adjacent to an activating group) is 1. The van der Waals surface area contributed by atoms with Crippen molar-refractivity contribution in [2.75, 3.05) is 25.5 Å². The normalized spacial score (nSPS) is 17.5. The third-order valence-corrected chi connectivity index (χ3v) is 4.38. The van der Waals surface area contributed by atoms with E-state index in [2.05, 4.69) is 14.6 Å². The molecular weight excluding hydrogens is 264 g/mol. The molecule has 2 N–H and O–H groups in total. The number of rotatable bonds is 5. The van der Waals surface area contributed by atoms with Gasteiger partial charge in [-0.05, 0) is 32.0 Å². The monoisotopic (exact) mass is 288 g/mol. The molecule has 2 heterocycles. The van der Waals surface area contributed by atoms with E-state index in [9.17, 15) is 5.11 Å². The Morgan fingerprint density at radius 2 is 2.14 bits per heavy atom. The van der Waals surface area contributed by atoms with Gasteiger partial charge in [-0.1, -0.05) is 18.9 Å². The van der Waals surface area contributed by atoms with Gasteiger partial charge in [0.15, 0.2) is 5.82 Å². The molecule has 0 amide bonds. The van der Waals surface area contributed by atoms with Crippen molar-refractivity contribution in [3.8, 4) is 0 Å². The molecule has 1 fully saturated rings. The van der Waals surface area contributed by atoms with E-state index in [1.165, 1.54) is 0 Å². The Morgan fingerprint density at radius 1 is 1.38 bits per heavy atom. The van der Waals surface area contributed by atoms with Gasteiger partial charge in [0, 0.05) is 26.3 Å². The fraction of sp³-hybridized carbons (Fsp3) is 0.562. The SMILES string of the molecule is CNCc1c(N(C)CC2(O)CCCC2)nc2ccccn12. The van der Waals surface area contributed by atoms with Crippen LogP contribution in [0, 0.1) is 0 Å². The van der Waals surface area contributed by atoms with Crippen molar-refractivity contribution >= 4 is 11.5 Å². The predicted octanol–water partition coefficient (Wildman–Crippen LogP) is 1.79. The Kier molecular flexibility index (Phi) is 3.87. The maximum absolute atomic E-state index is 10.6. The van der Waals surface area contributed by atoms with Gasteiger partial charge in [-0.3, -0.25) is 0 Å². The van der Waals surface area contributed by atoms with Gasteiger partial charge in [0.2, 0.25) is 0 Å². The maximum atomic E-state index is 10.6. The molecule has 21 heavy (non-hydrogen) atoms. The minimum absolute atomic E-state index is 0.554. The predicted molar refractivity (Wildman–Crippen MR) is 84.6 cm³/mol. The highest BCUT2D eigenvalue weighted by molar-refractivity contribution is 5.55. The molecule has 0 radical (unpaired) electrons. The van der Waals surface area contributed by atoms with Crippen LogP contribution in [0.25, 0.3) is 5.65 Å². The number of aliphatic hydroxyl groups is 1. The van der Waals surface area contributed by atoms with E-state index in [1.54, 1.807) is 0 Å². The molecular formula is C16H24N4O. The Morgan fingerprint density at radius 3 is 2.86 bits per heavy atom. The number of hydrogen-bond donors (Lipinski definition) is 2. The summed E-state index contributed by atoms with van der Waals surface area (Å²) in [6.07, 6.45) is 6.08. The summed E-state index contributed by atoms with van der Waals surface area (Å²) in [6, 6.07) is 6.03. The minimum Gasteiger partial charge on any atom is -0.388 e. The zero-order chi connectivity index (χ0) is 14.9. The van der Waals surface area contributed by atoms with Crippen molar-refractivity contribution in [2.24, 2.45) is 0 Å². The van der Waals surface area contributed by atoms with Gasteiger partial charge in [0.05, 0.1) is 11.3 Å². The summed E-state index contributed by atoms with van der Waals surface area (Å²) in [5.41, 5.74) is 1.53. The number of fused-ring (bicyclic) bond motifs is 1. The summed E-state index contributed by atoms with van der Waals surface area (Å²) in [5, 5.41) is 13.8. The third-order valence-electron chi connectivity index (χ3n) is 4.38. The largest absolute Gasteiger partial charge is 0.388 e. The lowest BCUT2D eigenvalue weighted by molar-refractivity contribution is 0.0558. The van der Waals surface area contributed by atoms with Gasteiger partial charge in [-0.15, -0.1) is 0 Å². The van der Waals surface area contributed by atoms with Crippen LogP contribution in [0.15, 0.2) is 24.4 Å². The summed E-state index contributed by atoms with van der Waals surface area (Å²) in [6.45, 7) is 1.40. The Labute approximate surface area is 125 Å². The lowest BCUT2D eigenvalue weighted by atomic mass is 10.0. The highest BCUT2D eigenvalue weighted by Crippen LogP contribution is 2.32. The number of imidazole rings is 1. The first kappa shape index (κ1) is 14.4. The van der Waals surface area contributed by atoms with Crippen LogP contribution in [0.2, 0.25) is 0 Å². The first-order valence-corrected chi connectivity index (χ1v) is 7.67. The van der Waals surface area contributed by atoms with Crippen molar-refractivity contribution in [1.82, 2.24) is 14.7 Å². The van der Waals surface area contributed by atoms with Gasteiger partial charge >= 0.3 is 0 Å². The van der Waals surface area contributed by atoms with Crippen molar-refractivity contribution in [1.29, 1.82) is 0 Å². The Hall–Kier alpha value is -1.59. The van der Waals surface area contributed by atoms with Crippen LogP contribution >= 0.6 is 0 Å². The molecule has 3 rings (SSSR count). The highest BCUT2D eigenvalue weighted by Gasteiger charge is 2.33. The van der Waals surface area contributed by atoms with E-state index in [4.69, 9.17) is 4.98 Å². The molecule has 0 spiro atoms. The second-order valence-corrected chi connectivity index (χ2v) is 6.13. The molecule has 0 unspecified atom stereocenters.